The quantitative estimate of drug-likeness (QED) is 0.0551. The number of carbonyl (C=O) groups excluding carboxylic acids is 1. The molecule has 55 heavy (non-hydrogen) atoms. The van der Waals surface area contributed by atoms with Crippen LogP contribution in [0.25, 0.3) is 11.8 Å². The minimum absolute atomic E-state index is 0.0222. The Kier molecular flexibility index (Phi) is 11.6. The lowest BCUT2D eigenvalue weighted by molar-refractivity contribution is -0.292. The number of rotatable bonds is 10. The summed E-state index contributed by atoms with van der Waals surface area (Å²) in [5.74, 6) is -4.36. The van der Waals surface area contributed by atoms with Crippen molar-refractivity contribution in [2.24, 2.45) is 0 Å². The van der Waals surface area contributed by atoms with Crippen molar-refractivity contribution in [3.63, 3.8) is 0 Å². The molecule has 6 rings (SSSR count). The van der Waals surface area contributed by atoms with Crippen molar-refractivity contribution in [1.82, 2.24) is 0 Å². The van der Waals surface area contributed by atoms with Gasteiger partial charge in [-0.25, -0.2) is 4.79 Å². The molecule has 0 radical (unpaired) electrons. The average molecular weight is 776 g/mol. The Morgan fingerprint density at radius 1 is 0.764 bits per heavy atom. The van der Waals surface area contributed by atoms with Crippen LogP contribution in [0.5, 0.6) is 23.0 Å². The summed E-state index contributed by atoms with van der Waals surface area (Å²) in [7, 11) is 0. The smallest absolute Gasteiger partial charge is 0.330 e. The van der Waals surface area contributed by atoms with E-state index in [0.717, 1.165) is 24.3 Å². The highest BCUT2D eigenvalue weighted by Crippen LogP contribution is 2.42. The molecule has 11 atom stereocenters. The normalized spacial score (nSPS) is 32.1. The summed E-state index contributed by atoms with van der Waals surface area (Å²) >= 11 is 0. The molecule has 0 spiro atoms. The number of hydrogen-bond acceptors (Lipinski definition) is 18. The van der Waals surface area contributed by atoms with Crippen molar-refractivity contribution in [1.29, 1.82) is 0 Å². The SMILES string of the molecule is O=C(C=Cc1ccc(O)cc1)OCC1OC(OC2=C(c3cc(O)c(O)c(O)c3)[OH+]C3C=C(O)C=C(OC4OC(CO)C(O)C(O)C4O)C3=C2)C(O)C(O)C1O. The van der Waals surface area contributed by atoms with Gasteiger partial charge in [0.2, 0.25) is 24.4 Å². The molecule has 13 N–H and O–H groups in total. The maximum absolute atomic E-state index is 12.4. The second kappa shape index (κ2) is 16.2. The van der Waals surface area contributed by atoms with Crippen molar-refractivity contribution in [2.45, 2.75) is 67.5 Å². The fourth-order valence-corrected chi connectivity index (χ4v) is 6.02. The van der Waals surface area contributed by atoms with Crippen LogP contribution in [-0.4, -0.2) is 153 Å². The Bertz CT molecular complexity index is 1880. The van der Waals surface area contributed by atoms with E-state index in [2.05, 4.69) is 4.74 Å². The van der Waals surface area contributed by atoms with Crippen molar-refractivity contribution in [3.8, 4) is 23.0 Å². The number of phenolic OH excluding ortho intramolecular Hbond substituents is 4. The topological polar surface area (TPSA) is 319 Å². The van der Waals surface area contributed by atoms with Gasteiger partial charge < -0.3 is 89.7 Å². The van der Waals surface area contributed by atoms with Crippen LogP contribution in [0.1, 0.15) is 11.1 Å². The molecule has 2 aromatic rings. The second-order valence-corrected chi connectivity index (χ2v) is 12.9. The van der Waals surface area contributed by atoms with E-state index in [1.165, 1.54) is 42.5 Å². The zero-order valence-electron chi connectivity index (χ0n) is 28.4. The molecule has 19 nitrogen and oxygen atoms in total. The third kappa shape index (κ3) is 8.34. The Morgan fingerprint density at radius 2 is 1.36 bits per heavy atom. The van der Waals surface area contributed by atoms with Crippen molar-refractivity contribution in [3.05, 3.63) is 94.7 Å². The lowest BCUT2D eigenvalue weighted by atomic mass is 9.96. The first kappa shape index (κ1) is 39.3. The van der Waals surface area contributed by atoms with Gasteiger partial charge in [-0.1, -0.05) is 12.1 Å². The third-order valence-corrected chi connectivity index (χ3v) is 9.04. The predicted octanol–water partition coefficient (Wildman–Crippen LogP) is -1.75. The molecule has 0 bridgehead atoms. The molecule has 1 aliphatic carbocycles. The highest BCUT2D eigenvalue weighted by Gasteiger charge is 2.48. The highest BCUT2D eigenvalue weighted by atomic mass is 16.7. The molecule has 11 unspecified atom stereocenters. The largest absolute Gasteiger partial charge is 0.571 e. The predicted molar refractivity (Wildman–Crippen MR) is 182 cm³/mol. The molecule has 0 amide bonds. The third-order valence-electron chi connectivity index (χ3n) is 9.04. The molecule has 2 saturated heterocycles. The molecule has 0 aromatic heterocycles. The number of phenols is 4. The van der Waals surface area contributed by atoms with Gasteiger partial charge in [0.25, 0.3) is 0 Å². The number of allylic oxidation sites excluding steroid dienone is 2. The lowest BCUT2D eigenvalue weighted by Crippen LogP contribution is -2.59. The number of benzene rings is 2. The lowest BCUT2D eigenvalue weighted by Gasteiger charge is -2.41. The van der Waals surface area contributed by atoms with E-state index >= 15 is 0 Å². The molecule has 2 fully saturated rings. The van der Waals surface area contributed by atoms with E-state index < -0.39 is 110 Å². The summed E-state index contributed by atoms with van der Waals surface area (Å²) in [6.07, 6.45) is -12.4. The van der Waals surface area contributed by atoms with Gasteiger partial charge in [-0.3, -0.25) is 0 Å². The minimum atomic E-state index is -1.95. The summed E-state index contributed by atoms with van der Waals surface area (Å²) in [6.45, 7) is -1.39. The Morgan fingerprint density at radius 3 is 2.00 bits per heavy atom. The number of aromatic hydroxyl groups is 4. The maximum atomic E-state index is 12.4. The number of aliphatic hydroxyl groups is 10. The molecule has 2 aromatic carbocycles. The molecular weight excluding hydrogens is 736 g/mol. The van der Waals surface area contributed by atoms with E-state index in [-0.39, 0.29) is 34.2 Å². The van der Waals surface area contributed by atoms with E-state index in [1.807, 2.05) is 0 Å². The average Bonchev–Trinajstić information content (AvgIpc) is 3.16. The van der Waals surface area contributed by atoms with Gasteiger partial charge in [-0.15, -0.1) is 0 Å². The van der Waals surface area contributed by atoms with Gasteiger partial charge in [-0.05, 0) is 23.8 Å². The molecular formula is C36H39O19+. The molecule has 296 valence electrons. The van der Waals surface area contributed by atoms with Crippen molar-refractivity contribution < 1.29 is 94.5 Å². The molecule has 0 saturated carbocycles. The van der Waals surface area contributed by atoms with Crippen molar-refractivity contribution >= 4 is 17.8 Å². The van der Waals surface area contributed by atoms with Crippen LogP contribution in [0.2, 0.25) is 0 Å². The fraction of sp³-hybridized carbons (Fsp3) is 0.361. The first-order chi connectivity index (χ1) is 26.1. The molecule has 3 heterocycles. The first-order valence-electron chi connectivity index (χ1n) is 16.7. The number of esters is 1. The number of fused-ring (bicyclic) bond motifs is 1. The van der Waals surface area contributed by atoms with Gasteiger partial charge in [0.15, 0.2) is 17.2 Å². The number of ether oxygens (including phenoxy) is 6. The highest BCUT2D eigenvalue weighted by molar-refractivity contribution is 5.87. The summed E-state index contributed by atoms with van der Waals surface area (Å²) in [5, 5.41) is 124. The van der Waals surface area contributed by atoms with Gasteiger partial charge in [0, 0.05) is 30.4 Å². The Balaban J connectivity index is 1.29. The van der Waals surface area contributed by atoms with Gasteiger partial charge >= 0.3 is 11.7 Å². The van der Waals surface area contributed by atoms with Crippen LogP contribution >= 0.6 is 0 Å². The number of aliphatic hydroxyl groups excluding tert-OH is 8. The van der Waals surface area contributed by atoms with Crippen LogP contribution in [-0.2, 0) is 28.5 Å². The maximum Gasteiger partial charge on any atom is 0.330 e. The van der Waals surface area contributed by atoms with Crippen LogP contribution < -0.4 is 0 Å². The second-order valence-electron chi connectivity index (χ2n) is 12.9. The zero-order chi connectivity index (χ0) is 39.7. The number of carbonyl (C=O) groups is 1. The van der Waals surface area contributed by atoms with Crippen LogP contribution in [0.4, 0.5) is 0 Å². The molecule has 3 aliphatic heterocycles. The van der Waals surface area contributed by atoms with E-state index in [0.29, 0.717) is 5.56 Å². The summed E-state index contributed by atoms with van der Waals surface area (Å²) in [6, 6.07) is 7.92. The molecule has 4 aliphatic rings. The summed E-state index contributed by atoms with van der Waals surface area (Å²) in [5.41, 5.74) is 0.566. The Hall–Kier alpha value is -5.35. The van der Waals surface area contributed by atoms with E-state index in [1.54, 1.807) is 0 Å². The van der Waals surface area contributed by atoms with Gasteiger partial charge in [0.1, 0.15) is 72.7 Å². The molecule has 19 heteroatoms. The van der Waals surface area contributed by atoms with Crippen LogP contribution in [0, 0.1) is 0 Å². The number of hydrogen-bond donors (Lipinski definition) is 12. The van der Waals surface area contributed by atoms with E-state index in [4.69, 9.17) is 23.7 Å². The summed E-state index contributed by atoms with van der Waals surface area (Å²) < 4.78 is 32.7. The zero-order valence-corrected chi connectivity index (χ0v) is 28.4. The van der Waals surface area contributed by atoms with Crippen LogP contribution in [0.15, 0.2) is 83.6 Å². The van der Waals surface area contributed by atoms with Crippen molar-refractivity contribution in [2.75, 3.05) is 13.2 Å². The standard InChI is InChI=1S/C36H38O19/c37-12-24-28(44)30(46)32(48)35(54-24)52-22-10-17(39)9-21-18(22)11-23(34(51-21)15-7-19(40)27(43)20(41)8-15)53-36-33(49)31(47)29(45)25(55-36)13-50-26(42)6-3-14-1-4-16(38)5-2-14/h1-11,21,24-25,28-33,35-41,43-49H,12-13H2/p+1. The van der Waals surface area contributed by atoms with E-state index in [9.17, 15) is 66.1 Å². The minimum Gasteiger partial charge on any atom is -0.571 e. The monoisotopic (exact) mass is 775 g/mol. The fourth-order valence-electron chi connectivity index (χ4n) is 6.02. The van der Waals surface area contributed by atoms with Gasteiger partial charge in [-0.2, -0.15) is 0 Å². The van der Waals surface area contributed by atoms with Crippen LogP contribution in [0.3, 0.4) is 0 Å². The first-order valence-corrected chi connectivity index (χ1v) is 16.7. The summed E-state index contributed by atoms with van der Waals surface area (Å²) in [4.78, 5) is 12.4. The van der Waals surface area contributed by atoms with Gasteiger partial charge in [0.05, 0.1) is 23.8 Å². The Labute approximate surface area is 310 Å².